The summed E-state index contributed by atoms with van der Waals surface area (Å²) < 4.78 is 0. The van der Waals surface area contributed by atoms with Crippen molar-refractivity contribution in [2.24, 2.45) is 11.8 Å². The van der Waals surface area contributed by atoms with Crippen molar-refractivity contribution in [1.29, 1.82) is 0 Å². The van der Waals surface area contributed by atoms with Crippen LogP contribution in [0.3, 0.4) is 0 Å². The van der Waals surface area contributed by atoms with Crippen molar-refractivity contribution in [2.75, 3.05) is 10.6 Å². The Hall–Kier alpha value is -3.41. The Labute approximate surface area is 163 Å². The van der Waals surface area contributed by atoms with Gasteiger partial charge in [-0.2, -0.15) is 0 Å². The molecule has 0 saturated heterocycles. The Balaban J connectivity index is 1.76. The first kappa shape index (κ1) is 19.4. The zero-order chi connectivity index (χ0) is 20.1. The molecule has 0 heterocycles. The Morgan fingerprint density at radius 2 is 1.61 bits per heavy atom. The number of benzene rings is 2. The molecule has 0 aliphatic heterocycles. The number of carbonyl (C=O) groups excluding carboxylic acids is 2. The van der Waals surface area contributed by atoms with Crippen LogP contribution in [0.2, 0.25) is 0 Å². The third-order valence-corrected chi connectivity index (χ3v) is 4.88. The first-order valence-corrected chi connectivity index (χ1v) is 9.11. The quantitative estimate of drug-likeness (QED) is 0.689. The maximum Gasteiger partial charge on any atom is 0.307 e. The van der Waals surface area contributed by atoms with E-state index in [0.717, 1.165) is 5.56 Å². The first-order valence-electron chi connectivity index (χ1n) is 9.11. The van der Waals surface area contributed by atoms with Gasteiger partial charge in [0.15, 0.2) is 0 Å². The number of carbonyl (C=O) groups is 3. The van der Waals surface area contributed by atoms with E-state index in [1.54, 1.807) is 36.4 Å². The van der Waals surface area contributed by atoms with Gasteiger partial charge in [0, 0.05) is 16.9 Å². The lowest BCUT2D eigenvalue weighted by Crippen LogP contribution is -2.34. The fourth-order valence-electron chi connectivity index (χ4n) is 3.22. The fourth-order valence-corrected chi connectivity index (χ4v) is 3.22. The van der Waals surface area contributed by atoms with Crippen molar-refractivity contribution in [2.45, 2.75) is 19.8 Å². The summed E-state index contributed by atoms with van der Waals surface area (Å²) in [7, 11) is 0. The van der Waals surface area contributed by atoms with Crippen LogP contribution in [0, 0.1) is 18.8 Å². The number of hydrogen-bond donors (Lipinski definition) is 3. The maximum atomic E-state index is 12.7. The molecule has 0 spiro atoms. The predicted molar refractivity (Wildman–Crippen MR) is 107 cm³/mol. The average molecular weight is 378 g/mol. The second-order valence-electron chi connectivity index (χ2n) is 6.83. The van der Waals surface area contributed by atoms with E-state index in [1.165, 1.54) is 0 Å². The zero-order valence-corrected chi connectivity index (χ0v) is 15.5. The zero-order valence-electron chi connectivity index (χ0n) is 15.5. The molecular weight excluding hydrogens is 356 g/mol. The molecule has 1 aliphatic rings. The van der Waals surface area contributed by atoms with Gasteiger partial charge in [-0.05, 0) is 49.6 Å². The molecule has 0 aromatic heterocycles. The number of hydrogen-bond acceptors (Lipinski definition) is 3. The van der Waals surface area contributed by atoms with Crippen molar-refractivity contribution in [1.82, 2.24) is 0 Å². The van der Waals surface area contributed by atoms with Crippen LogP contribution in [0.1, 0.15) is 28.8 Å². The summed E-state index contributed by atoms with van der Waals surface area (Å²) in [6.45, 7) is 1.82. The van der Waals surface area contributed by atoms with E-state index < -0.39 is 17.8 Å². The van der Waals surface area contributed by atoms with Crippen LogP contribution in [0.5, 0.6) is 0 Å². The standard InChI is InChI=1S/C22H22N2O4/c1-14-11-12-15(20(25)23-16-7-3-2-4-8-16)13-19(14)24-21(26)17-9-5-6-10-18(17)22(27)28/h2-8,11-13,17-18H,9-10H2,1H3,(H,23,25)(H,24,26)(H,27,28). The molecule has 0 bridgehead atoms. The lowest BCUT2D eigenvalue weighted by atomic mass is 9.82. The van der Waals surface area contributed by atoms with Crippen LogP contribution >= 0.6 is 0 Å². The SMILES string of the molecule is Cc1ccc(C(=O)Nc2ccccc2)cc1NC(=O)C1CC=CCC1C(=O)O. The molecule has 6 heteroatoms. The second-order valence-corrected chi connectivity index (χ2v) is 6.83. The Bertz CT molecular complexity index is 921. The summed E-state index contributed by atoms with van der Waals surface area (Å²) >= 11 is 0. The molecule has 3 N–H and O–H groups in total. The van der Waals surface area contributed by atoms with Crippen LogP contribution in [-0.2, 0) is 9.59 Å². The van der Waals surface area contributed by atoms with Gasteiger partial charge < -0.3 is 15.7 Å². The minimum atomic E-state index is -0.975. The third-order valence-electron chi connectivity index (χ3n) is 4.88. The topological polar surface area (TPSA) is 95.5 Å². The second kappa shape index (κ2) is 8.52. The molecular formula is C22H22N2O4. The van der Waals surface area contributed by atoms with Crippen LogP contribution in [0.15, 0.2) is 60.7 Å². The van der Waals surface area contributed by atoms with Crippen LogP contribution in [0.4, 0.5) is 11.4 Å². The van der Waals surface area contributed by atoms with Crippen molar-refractivity contribution in [3.8, 4) is 0 Å². The number of amides is 2. The minimum Gasteiger partial charge on any atom is -0.481 e. The highest BCUT2D eigenvalue weighted by atomic mass is 16.4. The van der Waals surface area contributed by atoms with Gasteiger partial charge in [-0.25, -0.2) is 0 Å². The molecule has 3 rings (SSSR count). The fraction of sp³-hybridized carbons (Fsp3) is 0.227. The molecule has 28 heavy (non-hydrogen) atoms. The summed E-state index contributed by atoms with van der Waals surface area (Å²) in [5.41, 5.74) is 2.38. The van der Waals surface area contributed by atoms with Crippen LogP contribution < -0.4 is 10.6 Å². The Kier molecular flexibility index (Phi) is 5.89. The summed E-state index contributed by atoms with van der Waals surface area (Å²) in [6.07, 6.45) is 4.35. The molecule has 2 atom stereocenters. The minimum absolute atomic E-state index is 0.286. The largest absolute Gasteiger partial charge is 0.481 e. The molecule has 0 radical (unpaired) electrons. The summed E-state index contributed by atoms with van der Waals surface area (Å²) in [5.74, 6) is -2.98. The van der Waals surface area contributed by atoms with Gasteiger partial charge in [0.25, 0.3) is 5.91 Å². The number of allylic oxidation sites excluding steroid dienone is 2. The monoisotopic (exact) mass is 378 g/mol. The molecule has 6 nitrogen and oxygen atoms in total. The Morgan fingerprint density at radius 1 is 0.929 bits per heavy atom. The van der Waals surface area contributed by atoms with Gasteiger partial charge in [0.2, 0.25) is 5.91 Å². The lowest BCUT2D eigenvalue weighted by Gasteiger charge is -2.24. The van der Waals surface area contributed by atoms with E-state index in [9.17, 15) is 19.5 Å². The van der Waals surface area contributed by atoms with E-state index in [0.29, 0.717) is 29.8 Å². The van der Waals surface area contributed by atoms with Gasteiger partial charge in [0.1, 0.15) is 0 Å². The van der Waals surface area contributed by atoms with Crippen molar-refractivity contribution >= 4 is 29.2 Å². The third kappa shape index (κ3) is 4.46. The first-order chi connectivity index (χ1) is 13.5. The number of carboxylic acid groups (broad SMARTS) is 1. The normalized spacial score (nSPS) is 18.3. The number of para-hydroxylation sites is 1. The highest BCUT2D eigenvalue weighted by Gasteiger charge is 2.34. The van der Waals surface area contributed by atoms with Crippen LogP contribution in [-0.4, -0.2) is 22.9 Å². The van der Waals surface area contributed by atoms with Crippen molar-refractivity contribution < 1.29 is 19.5 Å². The molecule has 2 amide bonds. The van der Waals surface area contributed by atoms with Gasteiger partial charge >= 0.3 is 5.97 Å². The molecule has 1 aliphatic carbocycles. The van der Waals surface area contributed by atoms with Crippen molar-refractivity contribution in [3.63, 3.8) is 0 Å². The lowest BCUT2D eigenvalue weighted by molar-refractivity contribution is -0.146. The van der Waals surface area contributed by atoms with Gasteiger partial charge in [-0.15, -0.1) is 0 Å². The number of nitrogens with one attached hydrogen (secondary N) is 2. The van der Waals surface area contributed by atoms with Crippen LogP contribution in [0.25, 0.3) is 0 Å². The van der Waals surface area contributed by atoms with Gasteiger partial charge in [0.05, 0.1) is 11.8 Å². The number of aryl methyl sites for hydroxylation is 1. The average Bonchev–Trinajstić information content (AvgIpc) is 2.70. The van der Waals surface area contributed by atoms with E-state index in [2.05, 4.69) is 10.6 Å². The molecule has 0 saturated carbocycles. The van der Waals surface area contributed by atoms with Crippen molar-refractivity contribution in [3.05, 3.63) is 71.8 Å². The molecule has 2 aromatic rings. The summed E-state index contributed by atoms with van der Waals surface area (Å²) in [6, 6.07) is 14.1. The number of aliphatic carboxylic acids is 1. The van der Waals surface area contributed by atoms with Gasteiger partial charge in [-0.1, -0.05) is 36.4 Å². The van der Waals surface area contributed by atoms with E-state index >= 15 is 0 Å². The number of anilines is 2. The van der Waals surface area contributed by atoms with E-state index in [1.807, 2.05) is 31.2 Å². The number of rotatable bonds is 5. The number of carboxylic acids is 1. The maximum absolute atomic E-state index is 12.7. The molecule has 0 fully saturated rings. The summed E-state index contributed by atoms with van der Waals surface area (Å²) in [4.78, 5) is 36.6. The molecule has 2 aromatic carbocycles. The van der Waals surface area contributed by atoms with E-state index in [4.69, 9.17) is 0 Å². The predicted octanol–water partition coefficient (Wildman–Crippen LogP) is 3.85. The Morgan fingerprint density at radius 3 is 2.29 bits per heavy atom. The van der Waals surface area contributed by atoms with E-state index in [-0.39, 0.29) is 11.8 Å². The highest BCUT2D eigenvalue weighted by Crippen LogP contribution is 2.28. The highest BCUT2D eigenvalue weighted by molar-refractivity contribution is 6.05. The molecule has 144 valence electrons. The molecule has 2 unspecified atom stereocenters. The van der Waals surface area contributed by atoms with Gasteiger partial charge in [-0.3, -0.25) is 14.4 Å². The smallest absolute Gasteiger partial charge is 0.307 e. The summed E-state index contributed by atoms with van der Waals surface area (Å²) in [5, 5.41) is 15.0.